The number of hydrogen-bond donors (Lipinski definition) is 1. The van der Waals surface area contributed by atoms with E-state index in [4.69, 9.17) is 9.15 Å². The number of allylic oxidation sites excluding steroid dienone is 1. The normalized spacial score (nSPS) is 15.0. The summed E-state index contributed by atoms with van der Waals surface area (Å²) < 4.78 is 11.4. The number of fused-ring (bicyclic) bond motifs is 4. The molecule has 1 aliphatic rings. The monoisotopic (exact) mass is 328 g/mol. The summed E-state index contributed by atoms with van der Waals surface area (Å²) in [6, 6.07) is 18.1. The summed E-state index contributed by atoms with van der Waals surface area (Å²) >= 11 is 0. The predicted octanol–water partition coefficient (Wildman–Crippen LogP) is 4.91. The first kappa shape index (κ1) is 13.9. The van der Waals surface area contributed by atoms with Gasteiger partial charge in [-0.25, -0.2) is 0 Å². The molecule has 2 heterocycles. The minimum Gasteiger partial charge on any atom is -0.508 e. The Bertz CT molecular complexity index is 1200. The van der Waals surface area contributed by atoms with Crippen LogP contribution < -0.4 is 4.74 Å². The molecule has 0 saturated carbocycles. The van der Waals surface area contributed by atoms with E-state index in [0.717, 1.165) is 27.5 Å². The average molecular weight is 328 g/mol. The average Bonchev–Trinajstić information content (AvgIpc) is 3.13. The van der Waals surface area contributed by atoms with Gasteiger partial charge in [0, 0.05) is 16.8 Å². The number of Topliss-reactive ketones (excluding diaryl/α,β-unsaturated/α-hetero) is 1. The van der Waals surface area contributed by atoms with Crippen LogP contribution in [0, 0.1) is 0 Å². The Hall–Kier alpha value is -3.53. The Balaban J connectivity index is 1.61. The molecule has 0 radical (unpaired) electrons. The van der Waals surface area contributed by atoms with E-state index in [1.807, 2.05) is 42.5 Å². The van der Waals surface area contributed by atoms with Crippen LogP contribution in [0.2, 0.25) is 0 Å². The molecule has 25 heavy (non-hydrogen) atoms. The predicted molar refractivity (Wildman–Crippen MR) is 94.8 cm³/mol. The van der Waals surface area contributed by atoms with Crippen molar-refractivity contribution in [2.45, 2.75) is 0 Å². The Kier molecular flexibility index (Phi) is 2.76. The van der Waals surface area contributed by atoms with Gasteiger partial charge in [-0.2, -0.15) is 0 Å². The molecular weight excluding hydrogens is 316 g/mol. The van der Waals surface area contributed by atoms with Gasteiger partial charge in [0.15, 0.2) is 5.76 Å². The van der Waals surface area contributed by atoms with E-state index in [0.29, 0.717) is 11.3 Å². The number of ketones is 1. The van der Waals surface area contributed by atoms with Gasteiger partial charge < -0.3 is 14.3 Å². The Morgan fingerprint density at radius 3 is 2.64 bits per heavy atom. The van der Waals surface area contributed by atoms with Gasteiger partial charge in [-0.15, -0.1) is 0 Å². The molecule has 1 N–H and O–H groups in total. The van der Waals surface area contributed by atoms with Crippen molar-refractivity contribution >= 4 is 33.8 Å². The molecule has 4 aromatic rings. The number of hydrogen-bond acceptors (Lipinski definition) is 4. The van der Waals surface area contributed by atoms with Crippen LogP contribution in [0.4, 0.5) is 0 Å². The van der Waals surface area contributed by atoms with Crippen LogP contribution in [-0.2, 0) is 0 Å². The molecular formula is C21H12O4. The molecule has 0 amide bonds. The number of ether oxygens (including phenoxy) is 1. The summed E-state index contributed by atoms with van der Waals surface area (Å²) in [6.45, 7) is 0. The largest absolute Gasteiger partial charge is 0.508 e. The number of benzene rings is 3. The van der Waals surface area contributed by atoms with Crippen LogP contribution in [0.3, 0.4) is 0 Å². The first-order valence-electron chi connectivity index (χ1n) is 7.87. The standard InChI is InChI=1S/C21H12O4/c22-13-6-7-15-19(11-13)25-20(21(15)23)10-12-5-8-18-16(9-12)14-3-1-2-4-17(14)24-18/h1-11,22H/b20-10-. The summed E-state index contributed by atoms with van der Waals surface area (Å²) in [5.74, 6) is 0.505. The van der Waals surface area contributed by atoms with E-state index in [1.54, 1.807) is 12.1 Å². The lowest BCUT2D eigenvalue weighted by Crippen LogP contribution is -1.97. The van der Waals surface area contributed by atoms with Gasteiger partial charge in [-0.05, 0) is 42.0 Å². The second-order valence-corrected chi connectivity index (χ2v) is 5.97. The van der Waals surface area contributed by atoms with Crippen LogP contribution in [0.5, 0.6) is 11.5 Å². The number of aromatic hydroxyl groups is 1. The van der Waals surface area contributed by atoms with E-state index >= 15 is 0 Å². The molecule has 0 unspecified atom stereocenters. The van der Waals surface area contributed by atoms with E-state index in [1.165, 1.54) is 12.1 Å². The molecule has 0 saturated heterocycles. The molecule has 0 aliphatic carbocycles. The van der Waals surface area contributed by atoms with Crippen molar-refractivity contribution in [2.24, 2.45) is 0 Å². The van der Waals surface area contributed by atoms with Crippen molar-refractivity contribution in [2.75, 3.05) is 0 Å². The lowest BCUT2D eigenvalue weighted by atomic mass is 10.1. The van der Waals surface area contributed by atoms with E-state index in [-0.39, 0.29) is 17.3 Å². The molecule has 4 heteroatoms. The van der Waals surface area contributed by atoms with E-state index in [2.05, 4.69) is 0 Å². The van der Waals surface area contributed by atoms with Gasteiger partial charge >= 0.3 is 0 Å². The minimum absolute atomic E-state index is 0.0686. The van der Waals surface area contributed by atoms with Gasteiger partial charge in [0.2, 0.25) is 5.78 Å². The topological polar surface area (TPSA) is 59.7 Å². The lowest BCUT2D eigenvalue weighted by molar-refractivity contribution is 0.101. The Morgan fingerprint density at radius 1 is 0.880 bits per heavy atom. The first-order valence-corrected chi connectivity index (χ1v) is 7.87. The van der Waals surface area contributed by atoms with Gasteiger partial charge in [-0.3, -0.25) is 4.79 Å². The fraction of sp³-hybridized carbons (Fsp3) is 0. The second kappa shape index (κ2) is 4.98. The number of carbonyl (C=O) groups excluding carboxylic acids is 1. The molecule has 1 aromatic heterocycles. The number of phenolic OH excluding ortho intramolecular Hbond substituents is 1. The highest BCUT2D eigenvalue weighted by Crippen LogP contribution is 2.35. The fourth-order valence-corrected chi connectivity index (χ4v) is 3.16. The van der Waals surface area contributed by atoms with E-state index < -0.39 is 0 Å². The summed E-state index contributed by atoms with van der Waals surface area (Å²) in [6.07, 6.45) is 1.71. The van der Waals surface area contributed by atoms with Crippen molar-refractivity contribution in [3.8, 4) is 11.5 Å². The van der Waals surface area contributed by atoms with Gasteiger partial charge in [0.05, 0.1) is 5.56 Å². The number of phenols is 1. The maximum atomic E-state index is 12.4. The van der Waals surface area contributed by atoms with Crippen molar-refractivity contribution in [3.05, 3.63) is 77.5 Å². The molecule has 3 aromatic carbocycles. The third-order valence-corrected chi connectivity index (χ3v) is 4.35. The summed E-state index contributed by atoms with van der Waals surface area (Å²) in [4.78, 5) is 12.4. The number of carbonyl (C=O) groups is 1. The van der Waals surface area contributed by atoms with Crippen molar-refractivity contribution < 1.29 is 19.1 Å². The molecule has 4 nitrogen and oxygen atoms in total. The zero-order chi connectivity index (χ0) is 17.0. The SMILES string of the molecule is O=C1/C(=C/c2ccc3oc4ccccc4c3c2)Oc2cc(O)ccc21. The first-order chi connectivity index (χ1) is 12.2. The molecule has 120 valence electrons. The smallest absolute Gasteiger partial charge is 0.231 e. The maximum Gasteiger partial charge on any atom is 0.231 e. The van der Waals surface area contributed by atoms with Gasteiger partial charge in [-0.1, -0.05) is 24.3 Å². The summed E-state index contributed by atoms with van der Waals surface area (Å²) in [5, 5.41) is 11.6. The van der Waals surface area contributed by atoms with Gasteiger partial charge in [0.25, 0.3) is 0 Å². The van der Waals surface area contributed by atoms with Crippen LogP contribution in [0.15, 0.2) is 70.8 Å². The summed E-state index contributed by atoms with van der Waals surface area (Å²) in [5.41, 5.74) is 2.94. The zero-order valence-corrected chi connectivity index (χ0v) is 13.0. The van der Waals surface area contributed by atoms with E-state index in [9.17, 15) is 9.90 Å². The zero-order valence-electron chi connectivity index (χ0n) is 13.0. The van der Waals surface area contributed by atoms with Crippen LogP contribution in [-0.4, -0.2) is 10.9 Å². The van der Waals surface area contributed by atoms with Crippen LogP contribution in [0.1, 0.15) is 15.9 Å². The lowest BCUT2D eigenvalue weighted by Gasteiger charge is -1.99. The highest BCUT2D eigenvalue weighted by Gasteiger charge is 2.27. The summed E-state index contributed by atoms with van der Waals surface area (Å²) in [7, 11) is 0. The molecule has 1 aliphatic heterocycles. The highest BCUT2D eigenvalue weighted by molar-refractivity contribution is 6.15. The molecule has 5 rings (SSSR count). The quantitative estimate of drug-likeness (QED) is 0.504. The van der Waals surface area contributed by atoms with Gasteiger partial charge in [0.1, 0.15) is 22.7 Å². The number of furan rings is 1. The highest BCUT2D eigenvalue weighted by atomic mass is 16.5. The number of rotatable bonds is 1. The molecule has 0 bridgehead atoms. The fourth-order valence-electron chi connectivity index (χ4n) is 3.16. The van der Waals surface area contributed by atoms with Crippen LogP contribution in [0.25, 0.3) is 28.0 Å². The minimum atomic E-state index is -0.188. The second-order valence-electron chi connectivity index (χ2n) is 5.97. The Labute approximate surface area is 142 Å². The number of para-hydroxylation sites is 1. The molecule has 0 fully saturated rings. The van der Waals surface area contributed by atoms with Crippen molar-refractivity contribution in [3.63, 3.8) is 0 Å². The van der Waals surface area contributed by atoms with Crippen molar-refractivity contribution in [1.29, 1.82) is 0 Å². The molecule has 0 spiro atoms. The van der Waals surface area contributed by atoms with Crippen LogP contribution >= 0.6 is 0 Å². The Morgan fingerprint density at radius 2 is 1.72 bits per heavy atom. The molecule has 0 atom stereocenters. The third kappa shape index (κ3) is 2.11. The maximum absolute atomic E-state index is 12.4. The van der Waals surface area contributed by atoms with Crippen molar-refractivity contribution in [1.82, 2.24) is 0 Å². The third-order valence-electron chi connectivity index (χ3n) is 4.35.